The number of amides is 3. The third-order valence-electron chi connectivity index (χ3n) is 2.90. The first-order chi connectivity index (χ1) is 8.99. The van der Waals surface area contributed by atoms with Gasteiger partial charge in [-0.3, -0.25) is 19.3 Å². The molecule has 0 aliphatic carbocycles. The standard InChI is InChI=1S/C12H12ClN3O3/c1-16-10(17)6-5-8(12(16)19)15-11(18)7-3-2-4-9(13)14-7/h2-4,8H,5-6H2,1H3,(H,15,18). The fourth-order valence-corrected chi connectivity index (χ4v) is 1.98. The lowest BCUT2D eigenvalue weighted by molar-refractivity contribution is -0.147. The molecule has 1 aliphatic rings. The van der Waals surface area contributed by atoms with E-state index in [4.69, 9.17) is 11.6 Å². The second kappa shape index (κ2) is 5.36. The van der Waals surface area contributed by atoms with Crippen LogP contribution in [0.2, 0.25) is 5.15 Å². The Kier molecular flexibility index (Phi) is 3.80. The summed E-state index contributed by atoms with van der Waals surface area (Å²) in [6.07, 6.45) is 0.532. The molecule has 2 rings (SSSR count). The summed E-state index contributed by atoms with van der Waals surface area (Å²) >= 11 is 5.69. The van der Waals surface area contributed by atoms with Crippen molar-refractivity contribution >= 4 is 29.3 Å². The van der Waals surface area contributed by atoms with Crippen molar-refractivity contribution in [3.05, 3.63) is 29.0 Å². The van der Waals surface area contributed by atoms with Gasteiger partial charge in [0, 0.05) is 13.5 Å². The third-order valence-corrected chi connectivity index (χ3v) is 3.11. The molecule has 19 heavy (non-hydrogen) atoms. The van der Waals surface area contributed by atoms with Crippen LogP contribution in [0.25, 0.3) is 0 Å². The van der Waals surface area contributed by atoms with Crippen molar-refractivity contribution in [1.82, 2.24) is 15.2 Å². The molecular weight excluding hydrogens is 270 g/mol. The van der Waals surface area contributed by atoms with Crippen molar-refractivity contribution in [2.45, 2.75) is 18.9 Å². The van der Waals surface area contributed by atoms with Crippen molar-refractivity contribution < 1.29 is 14.4 Å². The lowest BCUT2D eigenvalue weighted by atomic mass is 10.0. The van der Waals surface area contributed by atoms with Crippen LogP contribution in [0, 0.1) is 0 Å². The number of likely N-dealkylation sites (tertiary alicyclic amines) is 1. The average Bonchev–Trinajstić information content (AvgIpc) is 2.39. The number of carbonyl (C=O) groups is 3. The minimum absolute atomic E-state index is 0.139. The van der Waals surface area contributed by atoms with Crippen molar-refractivity contribution in [3.63, 3.8) is 0 Å². The zero-order valence-electron chi connectivity index (χ0n) is 10.2. The number of carbonyl (C=O) groups excluding carboxylic acids is 3. The minimum Gasteiger partial charge on any atom is -0.339 e. The summed E-state index contributed by atoms with van der Waals surface area (Å²) in [6, 6.07) is 3.96. The number of hydrogen-bond acceptors (Lipinski definition) is 4. The molecule has 1 unspecified atom stereocenters. The topological polar surface area (TPSA) is 79.4 Å². The molecule has 1 aromatic rings. The van der Waals surface area contributed by atoms with Crippen LogP contribution in [0.3, 0.4) is 0 Å². The predicted molar refractivity (Wildman–Crippen MR) is 67.5 cm³/mol. The van der Waals surface area contributed by atoms with Crippen LogP contribution < -0.4 is 5.32 Å². The number of aromatic nitrogens is 1. The van der Waals surface area contributed by atoms with Gasteiger partial charge in [-0.1, -0.05) is 17.7 Å². The summed E-state index contributed by atoms with van der Waals surface area (Å²) in [7, 11) is 1.40. The van der Waals surface area contributed by atoms with E-state index in [1.807, 2.05) is 0 Å². The van der Waals surface area contributed by atoms with E-state index in [1.165, 1.54) is 13.1 Å². The second-order valence-electron chi connectivity index (χ2n) is 4.20. The molecular formula is C12H12ClN3O3. The van der Waals surface area contributed by atoms with E-state index in [0.717, 1.165) is 4.90 Å². The van der Waals surface area contributed by atoms with Gasteiger partial charge in [-0.15, -0.1) is 0 Å². The van der Waals surface area contributed by atoms with E-state index in [1.54, 1.807) is 12.1 Å². The molecule has 1 aromatic heterocycles. The van der Waals surface area contributed by atoms with Crippen molar-refractivity contribution in [2.24, 2.45) is 0 Å². The molecule has 0 saturated carbocycles. The Morgan fingerprint density at radius 3 is 2.89 bits per heavy atom. The van der Waals surface area contributed by atoms with Crippen LogP contribution in [-0.4, -0.2) is 40.7 Å². The Morgan fingerprint density at radius 1 is 1.47 bits per heavy atom. The highest BCUT2D eigenvalue weighted by molar-refractivity contribution is 6.29. The number of hydrogen-bond donors (Lipinski definition) is 1. The Labute approximate surface area is 114 Å². The van der Waals surface area contributed by atoms with Crippen molar-refractivity contribution in [1.29, 1.82) is 0 Å². The number of rotatable bonds is 2. The molecule has 2 heterocycles. The number of imide groups is 1. The van der Waals surface area contributed by atoms with E-state index in [-0.39, 0.29) is 23.2 Å². The van der Waals surface area contributed by atoms with Crippen LogP contribution in [0.1, 0.15) is 23.3 Å². The first kappa shape index (κ1) is 13.5. The molecule has 1 aliphatic heterocycles. The van der Waals surface area contributed by atoms with Gasteiger partial charge in [-0.05, 0) is 18.6 Å². The predicted octanol–water partition coefficient (Wildman–Crippen LogP) is 0.612. The van der Waals surface area contributed by atoms with Gasteiger partial charge in [0.1, 0.15) is 16.9 Å². The van der Waals surface area contributed by atoms with E-state index < -0.39 is 17.9 Å². The largest absolute Gasteiger partial charge is 0.339 e. The van der Waals surface area contributed by atoms with Gasteiger partial charge in [-0.2, -0.15) is 0 Å². The van der Waals surface area contributed by atoms with Gasteiger partial charge < -0.3 is 5.32 Å². The van der Waals surface area contributed by atoms with Crippen LogP contribution in [0.4, 0.5) is 0 Å². The zero-order valence-corrected chi connectivity index (χ0v) is 11.0. The zero-order chi connectivity index (χ0) is 14.0. The van der Waals surface area contributed by atoms with Gasteiger partial charge in [0.05, 0.1) is 0 Å². The average molecular weight is 282 g/mol. The van der Waals surface area contributed by atoms with E-state index in [9.17, 15) is 14.4 Å². The fraction of sp³-hybridized carbons (Fsp3) is 0.333. The Bertz CT molecular complexity index is 547. The third kappa shape index (κ3) is 2.90. The van der Waals surface area contributed by atoms with Gasteiger partial charge in [0.15, 0.2) is 0 Å². The molecule has 6 nitrogen and oxygen atoms in total. The van der Waals surface area contributed by atoms with Gasteiger partial charge in [0.2, 0.25) is 5.91 Å². The second-order valence-corrected chi connectivity index (χ2v) is 4.59. The SMILES string of the molecule is CN1C(=O)CCC(NC(=O)c2cccc(Cl)n2)C1=O. The molecule has 0 radical (unpaired) electrons. The molecule has 1 fully saturated rings. The van der Waals surface area contributed by atoms with E-state index >= 15 is 0 Å². The summed E-state index contributed by atoms with van der Waals surface area (Å²) in [5.41, 5.74) is 0.139. The summed E-state index contributed by atoms with van der Waals surface area (Å²) < 4.78 is 0. The molecule has 7 heteroatoms. The van der Waals surface area contributed by atoms with E-state index in [0.29, 0.717) is 6.42 Å². The minimum atomic E-state index is -0.698. The summed E-state index contributed by atoms with van der Waals surface area (Å²) in [5, 5.41) is 2.76. The molecule has 1 saturated heterocycles. The fourth-order valence-electron chi connectivity index (χ4n) is 1.82. The first-order valence-electron chi connectivity index (χ1n) is 5.73. The summed E-state index contributed by atoms with van der Waals surface area (Å²) in [4.78, 5) is 39.9. The maximum absolute atomic E-state index is 11.9. The van der Waals surface area contributed by atoms with E-state index in [2.05, 4.69) is 10.3 Å². The van der Waals surface area contributed by atoms with Crippen molar-refractivity contribution in [2.75, 3.05) is 7.05 Å². The normalized spacial score (nSPS) is 19.5. The molecule has 0 spiro atoms. The number of pyridine rings is 1. The van der Waals surface area contributed by atoms with Crippen LogP contribution >= 0.6 is 11.6 Å². The van der Waals surface area contributed by atoms with Crippen LogP contribution in [-0.2, 0) is 9.59 Å². The summed E-state index contributed by atoms with van der Waals surface area (Å²) in [5.74, 6) is -1.13. The highest BCUT2D eigenvalue weighted by Gasteiger charge is 2.32. The molecule has 0 bridgehead atoms. The summed E-state index contributed by atoms with van der Waals surface area (Å²) in [6.45, 7) is 0. The molecule has 3 amide bonds. The smallest absolute Gasteiger partial charge is 0.270 e. The van der Waals surface area contributed by atoms with Gasteiger partial charge >= 0.3 is 0 Å². The van der Waals surface area contributed by atoms with Crippen LogP contribution in [0.5, 0.6) is 0 Å². The molecule has 100 valence electrons. The van der Waals surface area contributed by atoms with Crippen LogP contribution in [0.15, 0.2) is 18.2 Å². The number of likely N-dealkylation sites (N-methyl/N-ethyl adjacent to an activating group) is 1. The Morgan fingerprint density at radius 2 is 2.21 bits per heavy atom. The maximum Gasteiger partial charge on any atom is 0.270 e. The number of nitrogens with one attached hydrogen (secondary N) is 1. The lowest BCUT2D eigenvalue weighted by Gasteiger charge is -2.28. The lowest BCUT2D eigenvalue weighted by Crippen LogP contribution is -2.53. The van der Waals surface area contributed by atoms with Gasteiger partial charge in [0.25, 0.3) is 11.8 Å². The molecule has 1 N–H and O–H groups in total. The number of piperidine rings is 1. The Hall–Kier alpha value is -1.95. The highest BCUT2D eigenvalue weighted by Crippen LogP contribution is 2.12. The number of halogens is 1. The Balaban J connectivity index is 2.07. The highest BCUT2D eigenvalue weighted by atomic mass is 35.5. The van der Waals surface area contributed by atoms with Gasteiger partial charge in [-0.25, -0.2) is 4.98 Å². The number of nitrogens with zero attached hydrogens (tertiary/aromatic N) is 2. The monoisotopic (exact) mass is 281 g/mol. The molecule has 1 atom stereocenters. The maximum atomic E-state index is 11.9. The quantitative estimate of drug-likeness (QED) is 0.636. The molecule has 0 aromatic carbocycles. The first-order valence-corrected chi connectivity index (χ1v) is 6.10. The van der Waals surface area contributed by atoms with Crippen molar-refractivity contribution in [3.8, 4) is 0 Å².